The van der Waals surface area contributed by atoms with E-state index in [1.807, 2.05) is 19.1 Å². The minimum absolute atomic E-state index is 0.245. The van der Waals surface area contributed by atoms with Crippen LogP contribution >= 0.6 is 0 Å². The Kier molecular flexibility index (Phi) is 5.77. The predicted octanol–water partition coefficient (Wildman–Crippen LogP) is 1.66. The fourth-order valence-electron chi connectivity index (χ4n) is 1.03. The highest BCUT2D eigenvalue weighted by Crippen LogP contribution is 2.12. The van der Waals surface area contributed by atoms with Gasteiger partial charge in [0.1, 0.15) is 6.61 Å². The summed E-state index contributed by atoms with van der Waals surface area (Å²) in [5.41, 5.74) is 0. The molecule has 0 bridgehead atoms. The summed E-state index contributed by atoms with van der Waals surface area (Å²) in [6, 6.07) is 0.502. The SMILES string of the molecule is C/C=C/COc1nc(NCCC)nc(OC)n1. The maximum atomic E-state index is 5.34. The average molecular weight is 238 g/mol. The zero-order valence-corrected chi connectivity index (χ0v) is 10.4. The van der Waals surface area contributed by atoms with Crippen molar-refractivity contribution < 1.29 is 9.47 Å². The summed E-state index contributed by atoms with van der Waals surface area (Å²) >= 11 is 0. The first kappa shape index (κ1) is 13.2. The van der Waals surface area contributed by atoms with Gasteiger partial charge in [0, 0.05) is 6.54 Å². The van der Waals surface area contributed by atoms with E-state index in [1.54, 1.807) is 0 Å². The van der Waals surface area contributed by atoms with Gasteiger partial charge in [-0.2, -0.15) is 9.97 Å². The fourth-order valence-corrected chi connectivity index (χ4v) is 1.03. The first-order chi connectivity index (χ1) is 8.30. The van der Waals surface area contributed by atoms with Crippen molar-refractivity contribution in [3.63, 3.8) is 0 Å². The van der Waals surface area contributed by atoms with Crippen LogP contribution in [0.1, 0.15) is 20.3 Å². The Morgan fingerprint density at radius 2 is 2.00 bits per heavy atom. The van der Waals surface area contributed by atoms with E-state index in [9.17, 15) is 0 Å². The molecule has 0 aliphatic rings. The third kappa shape index (κ3) is 4.67. The van der Waals surface area contributed by atoms with Crippen LogP contribution in [-0.4, -0.2) is 35.2 Å². The topological polar surface area (TPSA) is 69.2 Å². The monoisotopic (exact) mass is 238 g/mol. The van der Waals surface area contributed by atoms with Crippen LogP contribution < -0.4 is 14.8 Å². The van der Waals surface area contributed by atoms with Gasteiger partial charge < -0.3 is 14.8 Å². The Labute approximate surface area is 101 Å². The Bertz CT molecular complexity index is 368. The quantitative estimate of drug-likeness (QED) is 0.728. The number of methoxy groups -OCH3 is 1. The molecule has 1 rings (SSSR count). The van der Waals surface area contributed by atoms with Crippen molar-refractivity contribution in [2.45, 2.75) is 20.3 Å². The Hall–Kier alpha value is -1.85. The lowest BCUT2D eigenvalue weighted by molar-refractivity contribution is 0.313. The van der Waals surface area contributed by atoms with E-state index < -0.39 is 0 Å². The van der Waals surface area contributed by atoms with Gasteiger partial charge in [-0.15, -0.1) is 4.98 Å². The Morgan fingerprint density at radius 1 is 1.24 bits per heavy atom. The van der Waals surface area contributed by atoms with Gasteiger partial charge in [-0.05, 0) is 13.3 Å². The highest BCUT2D eigenvalue weighted by molar-refractivity contribution is 5.27. The third-order valence-corrected chi connectivity index (χ3v) is 1.85. The van der Waals surface area contributed by atoms with Crippen LogP contribution in [0.25, 0.3) is 0 Å². The number of nitrogens with zero attached hydrogens (tertiary/aromatic N) is 3. The van der Waals surface area contributed by atoms with Crippen molar-refractivity contribution >= 4 is 5.95 Å². The van der Waals surface area contributed by atoms with E-state index >= 15 is 0 Å². The van der Waals surface area contributed by atoms with Crippen molar-refractivity contribution in [3.05, 3.63) is 12.2 Å². The molecule has 0 saturated carbocycles. The van der Waals surface area contributed by atoms with Crippen LogP contribution in [0.4, 0.5) is 5.95 Å². The van der Waals surface area contributed by atoms with Crippen molar-refractivity contribution in [1.29, 1.82) is 0 Å². The molecule has 0 fully saturated rings. The molecular weight excluding hydrogens is 220 g/mol. The minimum atomic E-state index is 0.245. The maximum absolute atomic E-state index is 5.34. The van der Waals surface area contributed by atoms with E-state index in [2.05, 4.69) is 27.2 Å². The van der Waals surface area contributed by atoms with Gasteiger partial charge in [0.2, 0.25) is 5.95 Å². The number of ether oxygens (including phenoxy) is 2. The lowest BCUT2D eigenvalue weighted by Gasteiger charge is -2.07. The summed E-state index contributed by atoms with van der Waals surface area (Å²) in [4.78, 5) is 12.2. The van der Waals surface area contributed by atoms with E-state index in [1.165, 1.54) is 7.11 Å². The molecule has 17 heavy (non-hydrogen) atoms. The van der Waals surface area contributed by atoms with Crippen LogP contribution in [-0.2, 0) is 0 Å². The molecule has 0 radical (unpaired) electrons. The lowest BCUT2D eigenvalue weighted by atomic mass is 10.5. The molecule has 0 unspecified atom stereocenters. The van der Waals surface area contributed by atoms with Crippen LogP contribution in [0, 0.1) is 0 Å². The van der Waals surface area contributed by atoms with E-state index in [0.29, 0.717) is 12.6 Å². The molecule has 1 aromatic heterocycles. The van der Waals surface area contributed by atoms with Crippen LogP contribution in [0.5, 0.6) is 12.0 Å². The first-order valence-electron chi connectivity index (χ1n) is 5.58. The molecule has 0 spiro atoms. The second-order valence-electron chi connectivity index (χ2n) is 3.24. The second-order valence-corrected chi connectivity index (χ2v) is 3.24. The molecule has 1 aromatic rings. The highest BCUT2D eigenvalue weighted by atomic mass is 16.5. The molecule has 6 nitrogen and oxygen atoms in total. The van der Waals surface area contributed by atoms with Gasteiger partial charge in [-0.3, -0.25) is 0 Å². The summed E-state index contributed by atoms with van der Waals surface area (Å²) in [6.45, 7) is 5.21. The highest BCUT2D eigenvalue weighted by Gasteiger charge is 2.06. The number of allylic oxidation sites excluding steroid dienone is 1. The normalized spacial score (nSPS) is 10.5. The molecule has 1 N–H and O–H groups in total. The van der Waals surface area contributed by atoms with Crippen molar-refractivity contribution in [1.82, 2.24) is 15.0 Å². The maximum Gasteiger partial charge on any atom is 0.324 e. The number of aromatic nitrogens is 3. The molecule has 0 amide bonds. The molecule has 0 saturated heterocycles. The predicted molar refractivity (Wildman–Crippen MR) is 65.5 cm³/mol. The van der Waals surface area contributed by atoms with Gasteiger partial charge in [-0.1, -0.05) is 19.1 Å². The standard InChI is InChI=1S/C11H18N4O2/c1-4-6-8-17-11-14-9(12-7-5-2)13-10(15-11)16-3/h4,6H,5,7-8H2,1-3H3,(H,12,13,14,15)/b6-4+. The largest absolute Gasteiger partial charge is 0.467 e. The number of hydrogen-bond acceptors (Lipinski definition) is 6. The Balaban J connectivity index is 2.73. The molecule has 6 heteroatoms. The van der Waals surface area contributed by atoms with Crippen molar-refractivity contribution in [2.75, 3.05) is 25.6 Å². The van der Waals surface area contributed by atoms with Crippen LogP contribution in [0.2, 0.25) is 0 Å². The molecule has 1 heterocycles. The molecule has 0 aliphatic carbocycles. The summed E-state index contributed by atoms with van der Waals surface area (Å²) in [5, 5.41) is 3.06. The third-order valence-electron chi connectivity index (χ3n) is 1.85. The van der Waals surface area contributed by atoms with Gasteiger partial charge >= 0.3 is 12.0 Å². The van der Waals surface area contributed by atoms with E-state index in [4.69, 9.17) is 9.47 Å². The number of hydrogen-bond donors (Lipinski definition) is 1. The lowest BCUT2D eigenvalue weighted by Crippen LogP contribution is -2.08. The number of anilines is 1. The molecule has 94 valence electrons. The van der Waals surface area contributed by atoms with E-state index in [-0.39, 0.29) is 12.0 Å². The summed E-state index contributed by atoms with van der Waals surface area (Å²) in [5.74, 6) is 0.467. The zero-order chi connectivity index (χ0) is 12.5. The molecule has 0 aliphatic heterocycles. The summed E-state index contributed by atoms with van der Waals surface area (Å²) < 4.78 is 10.3. The molecular formula is C11H18N4O2. The molecule has 0 aromatic carbocycles. The van der Waals surface area contributed by atoms with Crippen LogP contribution in [0.15, 0.2) is 12.2 Å². The van der Waals surface area contributed by atoms with Crippen molar-refractivity contribution in [2.24, 2.45) is 0 Å². The van der Waals surface area contributed by atoms with Crippen molar-refractivity contribution in [3.8, 4) is 12.0 Å². The molecule has 0 atom stereocenters. The minimum Gasteiger partial charge on any atom is -0.467 e. The van der Waals surface area contributed by atoms with Gasteiger partial charge in [-0.25, -0.2) is 0 Å². The number of nitrogens with one attached hydrogen (secondary N) is 1. The van der Waals surface area contributed by atoms with Gasteiger partial charge in [0.15, 0.2) is 0 Å². The summed E-state index contributed by atoms with van der Waals surface area (Å²) in [6.07, 6.45) is 4.76. The van der Waals surface area contributed by atoms with Gasteiger partial charge in [0.05, 0.1) is 7.11 Å². The zero-order valence-electron chi connectivity index (χ0n) is 10.4. The second kappa shape index (κ2) is 7.43. The first-order valence-corrected chi connectivity index (χ1v) is 5.58. The average Bonchev–Trinajstić information content (AvgIpc) is 2.36. The number of rotatable bonds is 7. The van der Waals surface area contributed by atoms with Crippen LogP contribution in [0.3, 0.4) is 0 Å². The smallest absolute Gasteiger partial charge is 0.324 e. The van der Waals surface area contributed by atoms with E-state index in [0.717, 1.165) is 13.0 Å². The Morgan fingerprint density at radius 3 is 2.65 bits per heavy atom. The van der Waals surface area contributed by atoms with Gasteiger partial charge in [0.25, 0.3) is 0 Å². The summed E-state index contributed by atoms with van der Waals surface area (Å²) in [7, 11) is 1.51. The fraction of sp³-hybridized carbons (Fsp3) is 0.545.